The Labute approximate surface area is 220 Å². The molecular weight excluding hydrogens is 486 g/mol. The van der Waals surface area contributed by atoms with Crippen LogP contribution in [-0.4, -0.2) is 45.5 Å². The molecule has 196 valence electrons. The number of likely N-dealkylation sites (tertiary alicyclic amines) is 1. The van der Waals surface area contributed by atoms with Gasteiger partial charge in [0.15, 0.2) is 0 Å². The quantitative estimate of drug-likeness (QED) is 0.400. The Kier molecular flexibility index (Phi) is 9.19. The van der Waals surface area contributed by atoms with Crippen LogP contribution in [0.5, 0.6) is 5.75 Å². The molecule has 4 rings (SSSR count). The summed E-state index contributed by atoms with van der Waals surface area (Å²) >= 11 is 0. The van der Waals surface area contributed by atoms with Crippen molar-refractivity contribution in [3.05, 3.63) is 90.0 Å². The monoisotopic (exact) mass is 521 g/mol. The second-order valence-corrected chi connectivity index (χ2v) is 11.0. The zero-order chi connectivity index (χ0) is 26.1. The summed E-state index contributed by atoms with van der Waals surface area (Å²) in [5.41, 5.74) is 2.54. The molecule has 1 N–H and O–H groups in total. The van der Waals surface area contributed by atoms with Crippen LogP contribution < -0.4 is 14.4 Å². The number of rotatable bonds is 11. The number of sulfonamides is 1. The molecule has 0 radical (unpaired) electrons. The molecule has 0 spiro atoms. The van der Waals surface area contributed by atoms with E-state index in [1.165, 1.54) is 37.0 Å². The second-order valence-electron chi connectivity index (χ2n) is 9.16. The van der Waals surface area contributed by atoms with Crippen molar-refractivity contribution in [1.82, 2.24) is 10.2 Å². The zero-order valence-corrected chi connectivity index (χ0v) is 22.1. The van der Waals surface area contributed by atoms with E-state index in [1.807, 2.05) is 19.1 Å². The number of carbonyl (C=O) groups is 1. The smallest absolute Gasteiger partial charge is 0.264 e. The lowest BCUT2D eigenvalue weighted by atomic mass is 10.1. The molecule has 1 aliphatic rings. The van der Waals surface area contributed by atoms with Crippen LogP contribution >= 0.6 is 0 Å². The van der Waals surface area contributed by atoms with Crippen molar-refractivity contribution in [2.45, 2.75) is 44.2 Å². The van der Waals surface area contributed by atoms with Crippen molar-refractivity contribution in [2.24, 2.45) is 0 Å². The fourth-order valence-electron chi connectivity index (χ4n) is 4.49. The molecule has 1 saturated heterocycles. The molecule has 0 saturated carbocycles. The molecule has 0 atom stereocenters. The number of carbonyl (C=O) groups excluding carboxylic acids is 1. The number of amides is 1. The molecule has 1 heterocycles. The van der Waals surface area contributed by atoms with E-state index in [9.17, 15) is 13.2 Å². The van der Waals surface area contributed by atoms with E-state index in [1.54, 1.807) is 42.5 Å². The third-order valence-electron chi connectivity index (χ3n) is 6.42. The number of benzene rings is 3. The Morgan fingerprint density at radius 1 is 0.892 bits per heavy atom. The number of nitrogens with zero attached hydrogens (tertiary/aromatic N) is 2. The fourth-order valence-corrected chi connectivity index (χ4v) is 5.94. The van der Waals surface area contributed by atoms with E-state index < -0.39 is 15.9 Å². The number of nitrogens with one attached hydrogen (secondary N) is 1. The number of anilines is 1. The zero-order valence-electron chi connectivity index (χ0n) is 21.3. The Morgan fingerprint density at radius 3 is 2.24 bits per heavy atom. The van der Waals surface area contributed by atoms with E-state index >= 15 is 0 Å². The van der Waals surface area contributed by atoms with Crippen LogP contribution in [0.15, 0.2) is 83.8 Å². The summed E-state index contributed by atoms with van der Waals surface area (Å²) < 4.78 is 34.0. The van der Waals surface area contributed by atoms with Crippen LogP contribution in [0.1, 0.15) is 37.3 Å². The van der Waals surface area contributed by atoms with Crippen LogP contribution in [0.3, 0.4) is 0 Å². The topological polar surface area (TPSA) is 79.0 Å². The third-order valence-corrected chi connectivity index (χ3v) is 8.19. The molecule has 0 aliphatic carbocycles. The van der Waals surface area contributed by atoms with E-state index in [4.69, 9.17) is 4.74 Å². The Bertz CT molecular complexity index is 1260. The molecule has 37 heavy (non-hydrogen) atoms. The van der Waals surface area contributed by atoms with Crippen LogP contribution in [0, 0.1) is 0 Å². The summed E-state index contributed by atoms with van der Waals surface area (Å²) in [6.07, 6.45) is 3.84. The maximum Gasteiger partial charge on any atom is 0.264 e. The molecule has 1 amide bonds. The summed E-state index contributed by atoms with van der Waals surface area (Å²) in [6.45, 7) is 5.38. The Hall–Kier alpha value is -3.36. The minimum absolute atomic E-state index is 0.110. The summed E-state index contributed by atoms with van der Waals surface area (Å²) in [6, 6.07) is 23.2. The number of para-hydroxylation sites is 2. The lowest BCUT2D eigenvalue weighted by molar-refractivity contribution is -0.119. The van der Waals surface area contributed by atoms with Crippen molar-refractivity contribution in [3.63, 3.8) is 0 Å². The maximum atomic E-state index is 13.6. The first-order chi connectivity index (χ1) is 18.0. The largest absolute Gasteiger partial charge is 0.492 e. The van der Waals surface area contributed by atoms with Gasteiger partial charge in [-0.25, -0.2) is 8.42 Å². The van der Waals surface area contributed by atoms with Crippen LogP contribution in [-0.2, 0) is 27.9 Å². The first-order valence-corrected chi connectivity index (χ1v) is 14.3. The standard InChI is InChI=1S/C29H35N3O4S/c1-2-36-28-14-8-7-13-27(28)32(37(34,35)26-11-5-3-6-12-26)23-29(33)30-21-24-15-17-25(18-16-24)22-31-19-9-4-10-20-31/h3,5-8,11-18H,2,4,9-10,19-23H2,1H3,(H,30,33). The fraction of sp³-hybridized carbons (Fsp3) is 0.345. The third kappa shape index (κ3) is 7.11. The predicted molar refractivity (Wildman–Crippen MR) is 146 cm³/mol. The van der Waals surface area contributed by atoms with Gasteiger partial charge in [-0.3, -0.25) is 14.0 Å². The van der Waals surface area contributed by atoms with Gasteiger partial charge in [-0.05, 0) is 68.2 Å². The van der Waals surface area contributed by atoms with E-state index in [-0.39, 0.29) is 11.4 Å². The van der Waals surface area contributed by atoms with Gasteiger partial charge in [-0.15, -0.1) is 0 Å². The molecule has 8 heteroatoms. The second kappa shape index (κ2) is 12.7. The number of ether oxygens (including phenoxy) is 1. The minimum Gasteiger partial charge on any atom is -0.492 e. The van der Waals surface area contributed by atoms with Crippen molar-refractivity contribution in [3.8, 4) is 5.75 Å². The molecule has 0 bridgehead atoms. The highest BCUT2D eigenvalue weighted by Crippen LogP contribution is 2.32. The van der Waals surface area contributed by atoms with Gasteiger partial charge in [0.25, 0.3) is 10.0 Å². The minimum atomic E-state index is -4.00. The summed E-state index contributed by atoms with van der Waals surface area (Å²) in [5.74, 6) is 0.00445. The van der Waals surface area contributed by atoms with Gasteiger partial charge in [0.05, 0.1) is 17.2 Å². The van der Waals surface area contributed by atoms with Crippen molar-refractivity contribution in [1.29, 1.82) is 0 Å². The first-order valence-electron chi connectivity index (χ1n) is 12.8. The van der Waals surface area contributed by atoms with Gasteiger partial charge in [0, 0.05) is 13.1 Å². The molecule has 3 aromatic carbocycles. The van der Waals surface area contributed by atoms with Crippen molar-refractivity contribution < 1.29 is 17.9 Å². The summed E-state index contributed by atoms with van der Waals surface area (Å²) in [5, 5.41) is 2.88. The lowest BCUT2D eigenvalue weighted by Crippen LogP contribution is -2.40. The summed E-state index contributed by atoms with van der Waals surface area (Å²) in [4.78, 5) is 15.6. The van der Waals surface area contributed by atoms with Gasteiger partial charge in [0.2, 0.25) is 5.91 Å². The SMILES string of the molecule is CCOc1ccccc1N(CC(=O)NCc1ccc(CN2CCCCC2)cc1)S(=O)(=O)c1ccccc1. The van der Waals surface area contributed by atoms with Crippen LogP contribution in [0.2, 0.25) is 0 Å². The molecule has 3 aromatic rings. The Balaban J connectivity index is 1.46. The number of piperidine rings is 1. The molecule has 1 aliphatic heterocycles. The highest BCUT2D eigenvalue weighted by Gasteiger charge is 2.29. The van der Waals surface area contributed by atoms with Gasteiger partial charge in [0.1, 0.15) is 12.3 Å². The van der Waals surface area contributed by atoms with Gasteiger partial charge in [-0.1, -0.05) is 61.0 Å². The van der Waals surface area contributed by atoms with E-state index in [0.717, 1.165) is 29.5 Å². The van der Waals surface area contributed by atoms with E-state index in [0.29, 0.717) is 24.6 Å². The number of hydrogen-bond donors (Lipinski definition) is 1. The number of hydrogen-bond acceptors (Lipinski definition) is 5. The lowest BCUT2D eigenvalue weighted by Gasteiger charge is -2.26. The van der Waals surface area contributed by atoms with Crippen LogP contribution in [0.4, 0.5) is 5.69 Å². The molecule has 7 nitrogen and oxygen atoms in total. The molecular formula is C29H35N3O4S. The van der Waals surface area contributed by atoms with Gasteiger partial charge in [-0.2, -0.15) is 0 Å². The average Bonchev–Trinajstić information content (AvgIpc) is 2.93. The maximum absolute atomic E-state index is 13.6. The molecule has 0 aromatic heterocycles. The average molecular weight is 522 g/mol. The highest BCUT2D eigenvalue weighted by atomic mass is 32.2. The molecule has 0 unspecified atom stereocenters. The van der Waals surface area contributed by atoms with E-state index in [2.05, 4.69) is 22.3 Å². The highest BCUT2D eigenvalue weighted by molar-refractivity contribution is 7.92. The van der Waals surface area contributed by atoms with Crippen molar-refractivity contribution in [2.75, 3.05) is 30.5 Å². The van der Waals surface area contributed by atoms with Gasteiger partial charge >= 0.3 is 0 Å². The van der Waals surface area contributed by atoms with Crippen LogP contribution in [0.25, 0.3) is 0 Å². The summed E-state index contributed by atoms with van der Waals surface area (Å²) in [7, 11) is -4.00. The van der Waals surface area contributed by atoms with Gasteiger partial charge < -0.3 is 10.1 Å². The van der Waals surface area contributed by atoms with Crippen molar-refractivity contribution >= 4 is 21.6 Å². The molecule has 1 fully saturated rings. The normalized spacial score (nSPS) is 14.2. The Morgan fingerprint density at radius 2 is 1.54 bits per heavy atom. The predicted octanol–water partition coefficient (Wildman–Crippen LogP) is 4.58. The first kappa shape index (κ1) is 26.7.